The zero-order valence-electron chi connectivity index (χ0n) is 12.2. The van der Waals surface area contributed by atoms with E-state index in [-0.39, 0.29) is 11.9 Å². The Morgan fingerprint density at radius 3 is 2.27 bits per heavy atom. The number of carbonyl (C=O) groups is 1. The molecule has 22 heavy (non-hydrogen) atoms. The van der Waals surface area contributed by atoms with Gasteiger partial charge in [-0.25, -0.2) is 4.99 Å². The molecule has 0 bridgehead atoms. The van der Waals surface area contributed by atoms with Crippen molar-refractivity contribution in [1.82, 2.24) is 0 Å². The zero-order valence-corrected chi connectivity index (χ0v) is 12.2. The minimum atomic E-state index is -0.182. The fourth-order valence-corrected chi connectivity index (χ4v) is 1.82. The van der Waals surface area contributed by atoms with Crippen molar-refractivity contribution in [2.24, 2.45) is 16.5 Å². The van der Waals surface area contributed by atoms with Crippen LogP contribution in [0, 0.1) is 0 Å². The highest BCUT2D eigenvalue weighted by molar-refractivity contribution is 6.04. The summed E-state index contributed by atoms with van der Waals surface area (Å²) in [7, 11) is 1.59. The first-order chi connectivity index (χ1) is 10.6. The van der Waals surface area contributed by atoms with Crippen molar-refractivity contribution in [2.45, 2.75) is 6.54 Å². The fourth-order valence-electron chi connectivity index (χ4n) is 1.82. The number of hydrogen-bond donors (Lipinski definition) is 3. The molecule has 0 aliphatic heterocycles. The molecule has 6 nitrogen and oxygen atoms in total. The number of rotatable bonds is 5. The van der Waals surface area contributed by atoms with Gasteiger partial charge in [-0.05, 0) is 42.0 Å². The summed E-state index contributed by atoms with van der Waals surface area (Å²) in [6.45, 7) is 0.392. The maximum Gasteiger partial charge on any atom is 0.255 e. The molecule has 0 aliphatic rings. The first kappa shape index (κ1) is 15.4. The number of methoxy groups -OCH3 is 1. The number of anilines is 1. The Labute approximate surface area is 128 Å². The van der Waals surface area contributed by atoms with Gasteiger partial charge >= 0.3 is 0 Å². The lowest BCUT2D eigenvalue weighted by molar-refractivity contribution is 0.102. The van der Waals surface area contributed by atoms with Crippen LogP contribution in [0.1, 0.15) is 15.9 Å². The molecule has 0 saturated heterocycles. The number of benzene rings is 2. The average molecular weight is 298 g/mol. The number of nitrogens with zero attached hydrogens (tertiary/aromatic N) is 1. The van der Waals surface area contributed by atoms with Gasteiger partial charge < -0.3 is 21.5 Å². The predicted octanol–water partition coefficient (Wildman–Crippen LogP) is 1.72. The molecule has 0 unspecified atom stereocenters. The van der Waals surface area contributed by atoms with Gasteiger partial charge in [0.25, 0.3) is 5.91 Å². The minimum absolute atomic E-state index is 0.0429. The smallest absolute Gasteiger partial charge is 0.255 e. The molecule has 5 N–H and O–H groups in total. The maximum atomic E-state index is 12.1. The Kier molecular flexibility index (Phi) is 4.98. The Morgan fingerprint density at radius 2 is 1.73 bits per heavy atom. The van der Waals surface area contributed by atoms with Crippen LogP contribution < -0.4 is 21.5 Å². The number of guanidine groups is 1. The summed E-state index contributed by atoms with van der Waals surface area (Å²) in [5.74, 6) is 0.599. The normalized spacial score (nSPS) is 9.86. The molecule has 2 aromatic rings. The van der Waals surface area contributed by atoms with E-state index in [1.807, 2.05) is 12.1 Å². The Hall–Kier alpha value is -3.02. The molecule has 0 aliphatic carbocycles. The Balaban J connectivity index is 2.01. The minimum Gasteiger partial charge on any atom is -0.497 e. The van der Waals surface area contributed by atoms with E-state index in [0.29, 0.717) is 17.8 Å². The summed E-state index contributed by atoms with van der Waals surface area (Å²) in [4.78, 5) is 16.0. The van der Waals surface area contributed by atoms with Gasteiger partial charge in [-0.15, -0.1) is 0 Å². The van der Waals surface area contributed by atoms with E-state index < -0.39 is 0 Å². The quantitative estimate of drug-likeness (QED) is 0.577. The number of amides is 1. The summed E-state index contributed by atoms with van der Waals surface area (Å²) in [6, 6.07) is 14.2. The van der Waals surface area contributed by atoms with E-state index in [4.69, 9.17) is 16.2 Å². The van der Waals surface area contributed by atoms with Crippen molar-refractivity contribution in [3.8, 4) is 5.75 Å². The van der Waals surface area contributed by atoms with Gasteiger partial charge in [0.15, 0.2) is 5.96 Å². The van der Waals surface area contributed by atoms with Crippen LogP contribution in [-0.2, 0) is 6.54 Å². The third-order valence-electron chi connectivity index (χ3n) is 3.01. The summed E-state index contributed by atoms with van der Waals surface area (Å²) in [5, 5.41) is 2.82. The average Bonchev–Trinajstić information content (AvgIpc) is 2.54. The summed E-state index contributed by atoms with van der Waals surface area (Å²) in [5.41, 5.74) is 12.7. The number of nitrogens with one attached hydrogen (secondary N) is 1. The van der Waals surface area contributed by atoms with E-state index in [0.717, 1.165) is 11.3 Å². The standard InChI is InChI=1S/C16H18N4O2/c1-22-14-8-6-13(7-9-14)20-15(21)12-4-2-11(3-5-12)10-19-16(17)18/h2-9H,10H2,1H3,(H,20,21)(H4,17,18,19). The number of carbonyl (C=O) groups excluding carboxylic acids is 1. The molecule has 1 amide bonds. The molecule has 0 fully saturated rings. The molecule has 114 valence electrons. The number of ether oxygens (including phenoxy) is 1. The van der Waals surface area contributed by atoms with Crippen LogP contribution in [0.25, 0.3) is 0 Å². The number of nitrogens with two attached hydrogens (primary N) is 2. The summed E-state index contributed by atoms with van der Waals surface area (Å²) < 4.78 is 5.07. The van der Waals surface area contributed by atoms with E-state index in [9.17, 15) is 4.79 Å². The summed E-state index contributed by atoms with van der Waals surface area (Å²) in [6.07, 6.45) is 0. The van der Waals surface area contributed by atoms with Crippen LogP contribution in [0.4, 0.5) is 5.69 Å². The van der Waals surface area contributed by atoms with Gasteiger partial charge in [-0.1, -0.05) is 12.1 Å². The number of aliphatic imine (C=N–C) groups is 1. The zero-order chi connectivity index (χ0) is 15.9. The lowest BCUT2D eigenvalue weighted by atomic mass is 10.1. The van der Waals surface area contributed by atoms with Crippen molar-refractivity contribution < 1.29 is 9.53 Å². The predicted molar refractivity (Wildman–Crippen MR) is 86.9 cm³/mol. The van der Waals surface area contributed by atoms with E-state index in [1.54, 1.807) is 43.5 Å². The largest absolute Gasteiger partial charge is 0.497 e. The lowest BCUT2D eigenvalue weighted by Gasteiger charge is -2.07. The monoisotopic (exact) mass is 298 g/mol. The first-order valence-corrected chi connectivity index (χ1v) is 6.68. The van der Waals surface area contributed by atoms with Crippen molar-refractivity contribution >= 4 is 17.6 Å². The molecule has 0 saturated carbocycles. The van der Waals surface area contributed by atoms with Crippen molar-refractivity contribution in [3.63, 3.8) is 0 Å². The highest BCUT2D eigenvalue weighted by Gasteiger charge is 2.06. The topological polar surface area (TPSA) is 103 Å². The molecule has 0 aromatic heterocycles. The first-order valence-electron chi connectivity index (χ1n) is 6.68. The molecular weight excluding hydrogens is 280 g/mol. The van der Waals surface area contributed by atoms with Crippen molar-refractivity contribution in [2.75, 3.05) is 12.4 Å². The van der Waals surface area contributed by atoms with Gasteiger partial charge in [0.1, 0.15) is 5.75 Å². The molecular formula is C16H18N4O2. The highest BCUT2D eigenvalue weighted by Crippen LogP contribution is 2.16. The van der Waals surface area contributed by atoms with Gasteiger partial charge in [0.05, 0.1) is 13.7 Å². The molecule has 0 spiro atoms. The maximum absolute atomic E-state index is 12.1. The van der Waals surface area contributed by atoms with E-state index in [1.165, 1.54) is 0 Å². The molecule has 2 aromatic carbocycles. The molecule has 2 rings (SSSR count). The second-order valence-electron chi connectivity index (χ2n) is 4.62. The molecule has 0 atom stereocenters. The lowest BCUT2D eigenvalue weighted by Crippen LogP contribution is -2.22. The van der Waals surface area contributed by atoms with E-state index >= 15 is 0 Å². The third kappa shape index (κ3) is 4.24. The SMILES string of the molecule is COc1ccc(NC(=O)c2ccc(CN=C(N)N)cc2)cc1. The third-order valence-corrected chi connectivity index (χ3v) is 3.01. The fraction of sp³-hybridized carbons (Fsp3) is 0.125. The van der Waals surface area contributed by atoms with Crippen LogP contribution in [0.15, 0.2) is 53.5 Å². The van der Waals surface area contributed by atoms with Crippen LogP contribution in [0.3, 0.4) is 0 Å². The molecule has 6 heteroatoms. The molecule has 0 radical (unpaired) electrons. The van der Waals surface area contributed by atoms with Gasteiger partial charge in [0.2, 0.25) is 0 Å². The van der Waals surface area contributed by atoms with Crippen LogP contribution in [0.2, 0.25) is 0 Å². The van der Waals surface area contributed by atoms with E-state index in [2.05, 4.69) is 10.3 Å². The second kappa shape index (κ2) is 7.12. The van der Waals surface area contributed by atoms with Crippen LogP contribution in [0.5, 0.6) is 5.75 Å². The second-order valence-corrected chi connectivity index (χ2v) is 4.62. The Bertz CT molecular complexity index is 660. The van der Waals surface area contributed by atoms with Crippen molar-refractivity contribution in [1.29, 1.82) is 0 Å². The molecule has 0 heterocycles. The van der Waals surface area contributed by atoms with Crippen molar-refractivity contribution in [3.05, 3.63) is 59.7 Å². The van der Waals surface area contributed by atoms with Crippen LogP contribution >= 0.6 is 0 Å². The Morgan fingerprint density at radius 1 is 1.09 bits per heavy atom. The van der Waals surface area contributed by atoms with Gasteiger partial charge in [-0.3, -0.25) is 4.79 Å². The van der Waals surface area contributed by atoms with Gasteiger partial charge in [-0.2, -0.15) is 0 Å². The number of hydrogen-bond acceptors (Lipinski definition) is 3. The van der Waals surface area contributed by atoms with Crippen LogP contribution in [-0.4, -0.2) is 19.0 Å². The van der Waals surface area contributed by atoms with Gasteiger partial charge in [0, 0.05) is 11.3 Å². The summed E-state index contributed by atoms with van der Waals surface area (Å²) >= 11 is 0. The highest BCUT2D eigenvalue weighted by atomic mass is 16.5.